The minimum absolute atomic E-state index is 0.00744. The van der Waals surface area contributed by atoms with Crippen LogP contribution in [-0.4, -0.2) is 31.2 Å². The molecule has 192 valence electrons. The smallest absolute Gasteiger partial charge is 0.259 e. The minimum Gasteiger partial charge on any atom is -0.376 e. The van der Waals surface area contributed by atoms with Crippen LogP contribution in [0.3, 0.4) is 0 Å². The summed E-state index contributed by atoms with van der Waals surface area (Å²) in [6.07, 6.45) is 3.40. The van der Waals surface area contributed by atoms with E-state index >= 15 is 0 Å². The summed E-state index contributed by atoms with van der Waals surface area (Å²) in [7, 11) is 0. The van der Waals surface area contributed by atoms with Crippen LogP contribution >= 0.6 is 0 Å². The normalized spacial score (nSPS) is 12.0. The number of nitrogens with zero attached hydrogens (tertiary/aromatic N) is 2. The van der Waals surface area contributed by atoms with E-state index in [-0.39, 0.29) is 11.2 Å². The molecule has 2 N–H and O–H groups in total. The highest BCUT2D eigenvalue weighted by molar-refractivity contribution is 6.04. The molecule has 35 heavy (non-hydrogen) atoms. The van der Waals surface area contributed by atoms with Crippen molar-refractivity contribution in [1.29, 1.82) is 5.26 Å². The molecule has 0 aliphatic heterocycles. The molecule has 5 nitrogen and oxygen atoms in total. The van der Waals surface area contributed by atoms with Crippen LogP contribution in [0.25, 0.3) is 16.3 Å². The van der Waals surface area contributed by atoms with Gasteiger partial charge in [0, 0.05) is 25.4 Å². The number of fused-ring (bicyclic) bond motifs is 1. The highest BCUT2D eigenvalue weighted by atomic mass is 16.5. The molecule has 0 saturated carbocycles. The predicted octanol–water partition coefficient (Wildman–Crippen LogP) is 7.10. The molecule has 5 heteroatoms. The van der Waals surface area contributed by atoms with Crippen molar-refractivity contribution in [3.63, 3.8) is 0 Å². The number of carbonyl (C=O) groups is 1. The second kappa shape index (κ2) is 14.5. The zero-order chi connectivity index (χ0) is 26.6. The average molecular weight is 480 g/mol. The van der Waals surface area contributed by atoms with Gasteiger partial charge in [-0.2, -0.15) is 5.26 Å². The number of nitriles is 1. The molecule has 0 bridgehead atoms. The lowest BCUT2D eigenvalue weighted by molar-refractivity contribution is -0.114. The van der Waals surface area contributed by atoms with Gasteiger partial charge in [-0.15, -0.1) is 0 Å². The monoisotopic (exact) mass is 479 g/mol. The Morgan fingerprint density at radius 3 is 2.11 bits per heavy atom. The van der Waals surface area contributed by atoms with Crippen LogP contribution in [0.5, 0.6) is 0 Å². The fourth-order valence-electron chi connectivity index (χ4n) is 3.64. The molecule has 0 saturated heterocycles. The molecule has 0 unspecified atom stereocenters. The van der Waals surface area contributed by atoms with Crippen molar-refractivity contribution in [3.05, 3.63) is 47.5 Å². The summed E-state index contributed by atoms with van der Waals surface area (Å²) in [6.45, 7) is 19.8. The predicted molar refractivity (Wildman–Crippen MR) is 149 cm³/mol. The van der Waals surface area contributed by atoms with Gasteiger partial charge in [-0.1, -0.05) is 45.9 Å². The van der Waals surface area contributed by atoms with Gasteiger partial charge in [0.2, 0.25) is 0 Å². The second-order valence-corrected chi connectivity index (χ2v) is 10.4. The van der Waals surface area contributed by atoms with Gasteiger partial charge in [0.05, 0.1) is 5.60 Å². The van der Waals surface area contributed by atoms with E-state index in [1.54, 1.807) is 6.92 Å². The van der Waals surface area contributed by atoms with Gasteiger partial charge in [-0.3, -0.25) is 4.79 Å². The SMILES string of the molecule is CC(C)CCOC(C)(C)C.CCCN(CCC)c1ccc2cc(/C(C)=C(\C#N)C(N)=O)ccc2c1. The number of nitrogens with two attached hydrogens (primary N) is 1. The van der Waals surface area contributed by atoms with E-state index in [0.29, 0.717) is 5.57 Å². The Labute approximate surface area is 212 Å². The van der Waals surface area contributed by atoms with Crippen molar-refractivity contribution in [2.75, 3.05) is 24.6 Å². The Balaban J connectivity index is 0.000000518. The molecule has 0 heterocycles. The number of amides is 1. The molecule has 0 aliphatic rings. The molecule has 0 fully saturated rings. The van der Waals surface area contributed by atoms with Crippen molar-refractivity contribution in [1.82, 2.24) is 0 Å². The van der Waals surface area contributed by atoms with Crippen LogP contribution in [0.15, 0.2) is 42.0 Å². The number of ether oxygens (including phenoxy) is 1. The lowest BCUT2D eigenvalue weighted by atomic mass is 9.98. The van der Waals surface area contributed by atoms with Crippen LogP contribution in [0.4, 0.5) is 5.69 Å². The summed E-state index contributed by atoms with van der Waals surface area (Å²) in [4.78, 5) is 13.8. The minimum atomic E-state index is -0.690. The van der Waals surface area contributed by atoms with Crippen LogP contribution in [0.2, 0.25) is 0 Å². The number of benzene rings is 2. The summed E-state index contributed by atoms with van der Waals surface area (Å²) in [6, 6.07) is 14.3. The standard InChI is InChI=1S/C21H25N3O.C9H20O/c1-4-10-24(11-5-2)19-9-8-17-12-16(6-7-18(17)13-19)15(3)20(14-22)21(23)25;1-8(2)6-7-10-9(3,4)5/h6-9,12-13H,4-5,10-11H2,1-3H3,(H2,23,25);8H,6-7H2,1-5H3/b20-15+;. The topological polar surface area (TPSA) is 79.3 Å². The van der Waals surface area contributed by atoms with E-state index in [1.165, 1.54) is 5.69 Å². The molecule has 0 aliphatic carbocycles. The Morgan fingerprint density at radius 2 is 1.63 bits per heavy atom. The number of hydrogen-bond donors (Lipinski definition) is 1. The molecule has 0 aromatic heterocycles. The summed E-state index contributed by atoms with van der Waals surface area (Å²) >= 11 is 0. The third-order valence-electron chi connectivity index (χ3n) is 5.57. The number of primary amides is 1. The van der Waals surface area contributed by atoms with Crippen LogP contribution < -0.4 is 10.6 Å². The lowest BCUT2D eigenvalue weighted by Crippen LogP contribution is -2.24. The zero-order valence-electron chi connectivity index (χ0n) is 23.1. The molecule has 0 radical (unpaired) electrons. The van der Waals surface area contributed by atoms with E-state index in [0.717, 1.165) is 61.2 Å². The second-order valence-electron chi connectivity index (χ2n) is 10.4. The summed E-state index contributed by atoms with van der Waals surface area (Å²) in [5, 5.41) is 11.3. The highest BCUT2D eigenvalue weighted by Gasteiger charge is 2.12. The molecule has 2 aromatic rings. The molecule has 2 rings (SSSR count). The van der Waals surface area contributed by atoms with Crippen molar-refractivity contribution in [3.8, 4) is 6.07 Å². The molecule has 0 spiro atoms. The Kier molecular flexibility index (Phi) is 12.5. The van der Waals surface area contributed by atoms with Crippen molar-refractivity contribution < 1.29 is 9.53 Å². The van der Waals surface area contributed by atoms with Gasteiger partial charge in [-0.25, -0.2) is 0 Å². The first-order valence-electron chi connectivity index (χ1n) is 12.8. The number of anilines is 1. The van der Waals surface area contributed by atoms with Gasteiger partial charge in [0.1, 0.15) is 11.6 Å². The van der Waals surface area contributed by atoms with Gasteiger partial charge in [0.15, 0.2) is 0 Å². The largest absolute Gasteiger partial charge is 0.376 e. The lowest BCUT2D eigenvalue weighted by Gasteiger charge is -2.24. The maximum atomic E-state index is 11.4. The van der Waals surface area contributed by atoms with Crippen LogP contribution in [-0.2, 0) is 9.53 Å². The van der Waals surface area contributed by atoms with E-state index in [2.05, 4.69) is 71.6 Å². The maximum absolute atomic E-state index is 11.4. The number of rotatable bonds is 10. The number of hydrogen-bond acceptors (Lipinski definition) is 4. The Hall–Kier alpha value is -2.84. The van der Waals surface area contributed by atoms with Crippen LogP contribution in [0, 0.1) is 17.2 Å². The first-order valence-corrected chi connectivity index (χ1v) is 12.8. The third kappa shape index (κ3) is 10.5. The molecule has 2 aromatic carbocycles. The van der Waals surface area contributed by atoms with Crippen molar-refractivity contribution in [2.24, 2.45) is 11.7 Å². The average Bonchev–Trinajstić information content (AvgIpc) is 2.77. The molecule has 1 amide bonds. The summed E-state index contributed by atoms with van der Waals surface area (Å²) in [5.74, 6) is 0.0626. The van der Waals surface area contributed by atoms with Gasteiger partial charge in [-0.05, 0) is 93.0 Å². The molecule has 0 atom stereocenters. The maximum Gasteiger partial charge on any atom is 0.259 e. The molecular formula is C30H45N3O2. The summed E-state index contributed by atoms with van der Waals surface area (Å²) in [5.41, 5.74) is 8.01. The van der Waals surface area contributed by atoms with E-state index in [9.17, 15) is 4.79 Å². The number of allylic oxidation sites excluding steroid dienone is 1. The molecular weight excluding hydrogens is 434 g/mol. The first kappa shape index (κ1) is 30.2. The fraction of sp³-hybridized carbons (Fsp3) is 0.533. The van der Waals surface area contributed by atoms with Crippen molar-refractivity contribution >= 4 is 27.9 Å². The van der Waals surface area contributed by atoms with E-state index < -0.39 is 5.91 Å². The fourth-order valence-corrected chi connectivity index (χ4v) is 3.64. The highest BCUT2D eigenvalue weighted by Crippen LogP contribution is 2.27. The Bertz CT molecular complexity index is 1020. The quantitative estimate of drug-likeness (QED) is 0.291. The van der Waals surface area contributed by atoms with Gasteiger partial charge in [0.25, 0.3) is 5.91 Å². The zero-order valence-corrected chi connectivity index (χ0v) is 23.1. The van der Waals surface area contributed by atoms with Crippen LogP contribution in [0.1, 0.15) is 80.2 Å². The van der Waals surface area contributed by atoms with Crippen molar-refractivity contribution in [2.45, 2.75) is 80.3 Å². The Morgan fingerprint density at radius 1 is 1.06 bits per heavy atom. The van der Waals surface area contributed by atoms with E-state index in [4.69, 9.17) is 15.7 Å². The third-order valence-corrected chi connectivity index (χ3v) is 5.57. The first-order chi connectivity index (χ1) is 16.4. The number of carbonyl (C=O) groups excluding carboxylic acids is 1. The summed E-state index contributed by atoms with van der Waals surface area (Å²) < 4.78 is 5.54. The van der Waals surface area contributed by atoms with Gasteiger partial charge < -0.3 is 15.4 Å². The van der Waals surface area contributed by atoms with E-state index in [1.807, 2.05) is 24.3 Å². The van der Waals surface area contributed by atoms with Gasteiger partial charge >= 0.3 is 0 Å².